The summed E-state index contributed by atoms with van der Waals surface area (Å²) in [4.78, 5) is 0. The molecular weight excluding hydrogens is 292 g/mol. The molecule has 1 rings (SSSR count). The molecule has 0 aromatic heterocycles. The van der Waals surface area contributed by atoms with Crippen molar-refractivity contribution >= 4 is 15.9 Å². The predicted molar refractivity (Wildman–Crippen MR) is 55.0 cm³/mol. The van der Waals surface area contributed by atoms with Crippen LogP contribution in [0.25, 0.3) is 0 Å². The molecule has 0 bridgehead atoms. The zero-order valence-corrected chi connectivity index (χ0v) is 9.57. The number of hydrogen-bond donors (Lipinski definition) is 2. The zero-order valence-electron chi connectivity index (χ0n) is 7.98. The molecule has 3 N–H and O–H groups in total. The van der Waals surface area contributed by atoms with E-state index in [1.807, 2.05) is 0 Å². The number of rotatable bonds is 3. The molecule has 0 saturated heterocycles. The van der Waals surface area contributed by atoms with Crippen LogP contribution < -0.4 is 11.3 Å². The van der Waals surface area contributed by atoms with Gasteiger partial charge in [0.25, 0.3) is 0 Å². The van der Waals surface area contributed by atoms with Crippen molar-refractivity contribution in [3.8, 4) is 0 Å². The molecule has 0 aliphatic rings. The number of nitrogens with one attached hydrogen (secondary N) is 1. The number of nitrogens with two attached hydrogens (primary N) is 1. The molecule has 0 aliphatic heterocycles. The Labute approximate surface area is 97.9 Å². The third-order valence-corrected chi connectivity index (χ3v) is 2.94. The molecule has 1 atom stereocenters. The molecule has 0 amide bonds. The average Bonchev–Trinajstić information content (AvgIpc) is 2.18. The van der Waals surface area contributed by atoms with Gasteiger partial charge >= 0.3 is 6.18 Å². The highest BCUT2D eigenvalue weighted by molar-refractivity contribution is 9.10. The molecule has 0 saturated carbocycles. The van der Waals surface area contributed by atoms with Crippen molar-refractivity contribution in [3.05, 3.63) is 34.1 Å². The Morgan fingerprint density at radius 3 is 2.50 bits per heavy atom. The van der Waals surface area contributed by atoms with Gasteiger partial charge in [-0.05, 0) is 34.0 Å². The zero-order chi connectivity index (χ0) is 12.3. The second-order valence-electron chi connectivity index (χ2n) is 3.18. The maximum absolute atomic E-state index is 13.1. The minimum absolute atomic E-state index is 0.0273. The van der Waals surface area contributed by atoms with Crippen LogP contribution in [0.1, 0.15) is 5.56 Å². The first kappa shape index (κ1) is 13.4. The Morgan fingerprint density at radius 1 is 1.38 bits per heavy atom. The fraction of sp³-hybridized carbons (Fsp3) is 0.333. The van der Waals surface area contributed by atoms with Gasteiger partial charge in [-0.1, -0.05) is 12.1 Å². The molecule has 0 spiro atoms. The molecule has 0 heterocycles. The van der Waals surface area contributed by atoms with Crippen molar-refractivity contribution < 1.29 is 17.6 Å². The minimum atomic E-state index is -4.47. The minimum Gasteiger partial charge on any atom is -0.271 e. The lowest BCUT2D eigenvalue weighted by Crippen LogP contribution is -2.47. The van der Waals surface area contributed by atoms with E-state index in [1.165, 1.54) is 12.1 Å². The first-order valence-corrected chi connectivity index (χ1v) is 5.11. The van der Waals surface area contributed by atoms with Crippen LogP contribution in [0.3, 0.4) is 0 Å². The summed E-state index contributed by atoms with van der Waals surface area (Å²) >= 11 is 2.89. The average molecular weight is 301 g/mol. The molecule has 1 aromatic rings. The lowest BCUT2D eigenvalue weighted by atomic mass is 10.1. The number of halogens is 5. The molecule has 90 valence electrons. The molecule has 7 heteroatoms. The van der Waals surface area contributed by atoms with Crippen LogP contribution in [0.4, 0.5) is 17.6 Å². The third-order valence-electron chi connectivity index (χ3n) is 2.05. The van der Waals surface area contributed by atoms with Crippen LogP contribution in [-0.4, -0.2) is 12.2 Å². The van der Waals surface area contributed by atoms with Gasteiger partial charge in [-0.2, -0.15) is 13.2 Å². The van der Waals surface area contributed by atoms with Crippen LogP contribution in [0, 0.1) is 5.82 Å². The lowest BCUT2D eigenvalue weighted by molar-refractivity contribution is -0.155. The largest absolute Gasteiger partial charge is 0.405 e. The van der Waals surface area contributed by atoms with Gasteiger partial charge in [0.05, 0.1) is 4.47 Å². The maximum Gasteiger partial charge on any atom is 0.405 e. The number of hydrazine groups is 1. The highest BCUT2D eigenvalue weighted by Gasteiger charge is 2.39. The lowest BCUT2D eigenvalue weighted by Gasteiger charge is -2.19. The summed E-state index contributed by atoms with van der Waals surface area (Å²) in [5.41, 5.74) is 1.88. The Bertz CT molecular complexity index is 367. The molecule has 16 heavy (non-hydrogen) atoms. The van der Waals surface area contributed by atoms with Crippen molar-refractivity contribution in [1.29, 1.82) is 0 Å². The van der Waals surface area contributed by atoms with Crippen molar-refractivity contribution in [2.75, 3.05) is 0 Å². The van der Waals surface area contributed by atoms with Gasteiger partial charge in [0.1, 0.15) is 11.9 Å². The highest BCUT2D eigenvalue weighted by atomic mass is 79.9. The molecule has 0 fully saturated rings. The number of alkyl halides is 3. The molecule has 1 unspecified atom stereocenters. The van der Waals surface area contributed by atoms with E-state index in [1.54, 1.807) is 5.43 Å². The topological polar surface area (TPSA) is 38.0 Å². The number of benzene rings is 1. The van der Waals surface area contributed by atoms with Crippen molar-refractivity contribution in [2.45, 2.75) is 18.6 Å². The van der Waals surface area contributed by atoms with Gasteiger partial charge in [0.2, 0.25) is 0 Å². The van der Waals surface area contributed by atoms with Crippen LogP contribution in [0.2, 0.25) is 0 Å². The summed E-state index contributed by atoms with van der Waals surface area (Å²) in [5.74, 6) is 4.21. The smallest absolute Gasteiger partial charge is 0.271 e. The van der Waals surface area contributed by atoms with Gasteiger partial charge in [0, 0.05) is 0 Å². The van der Waals surface area contributed by atoms with E-state index in [0.717, 1.165) is 6.07 Å². The van der Waals surface area contributed by atoms with Gasteiger partial charge in [-0.3, -0.25) is 5.84 Å². The molecule has 0 radical (unpaired) electrons. The third kappa shape index (κ3) is 3.16. The van der Waals surface area contributed by atoms with Crippen molar-refractivity contribution in [3.63, 3.8) is 0 Å². The Hall–Kier alpha value is -0.660. The van der Waals surface area contributed by atoms with E-state index in [2.05, 4.69) is 15.9 Å². The quantitative estimate of drug-likeness (QED) is 0.511. The highest BCUT2D eigenvalue weighted by Crippen LogP contribution is 2.27. The van der Waals surface area contributed by atoms with Crippen molar-refractivity contribution in [2.24, 2.45) is 5.84 Å². The Kier molecular flexibility index (Phi) is 4.28. The van der Waals surface area contributed by atoms with E-state index in [9.17, 15) is 17.6 Å². The summed E-state index contributed by atoms with van der Waals surface area (Å²) in [6.45, 7) is 0. The maximum atomic E-state index is 13.1. The molecule has 1 aromatic carbocycles. The van der Waals surface area contributed by atoms with Gasteiger partial charge in [-0.15, -0.1) is 0 Å². The first-order chi connectivity index (χ1) is 7.36. The summed E-state index contributed by atoms with van der Waals surface area (Å²) in [6.07, 6.45) is -4.90. The summed E-state index contributed by atoms with van der Waals surface area (Å²) < 4.78 is 50.2. The van der Waals surface area contributed by atoms with Crippen LogP contribution in [0.15, 0.2) is 22.7 Å². The first-order valence-electron chi connectivity index (χ1n) is 4.32. The van der Waals surface area contributed by atoms with Gasteiger partial charge < -0.3 is 0 Å². The van der Waals surface area contributed by atoms with Crippen LogP contribution >= 0.6 is 15.9 Å². The summed E-state index contributed by atoms with van der Waals surface area (Å²) in [7, 11) is 0. The molecule has 0 aliphatic carbocycles. The van der Waals surface area contributed by atoms with Gasteiger partial charge in [-0.25, -0.2) is 9.82 Å². The fourth-order valence-corrected chi connectivity index (χ4v) is 1.62. The van der Waals surface area contributed by atoms with E-state index in [-0.39, 0.29) is 10.0 Å². The summed E-state index contributed by atoms with van der Waals surface area (Å²) in [5, 5.41) is 0. The van der Waals surface area contributed by atoms with E-state index < -0.39 is 24.5 Å². The predicted octanol–water partition coefficient (Wildman–Crippen LogP) is 2.52. The van der Waals surface area contributed by atoms with E-state index >= 15 is 0 Å². The van der Waals surface area contributed by atoms with E-state index in [4.69, 9.17) is 5.84 Å². The SMILES string of the molecule is NNC(Cc1cccc(F)c1Br)C(F)(F)F. The van der Waals surface area contributed by atoms with Gasteiger partial charge in [0.15, 0.2) is 0 Å². The fourth-order valence-electron chi connectivity index (χ4n) is 1.20. The Balaban J connectivity index is 2.91. The summed E-state index contributed by atoms with van der Waals surface area (Å²) in [6, 6.07) is 2.01. The second kappa shape index (κ2) is 5.11. The monoisotopic (exact) mass is 300 g/mol. The van der Waals surface area contributed by atoms with Crippen LogP contribution in [-0.2, 0) is 6.42 Å². The normalized spacial score (nSPS) is 13.9. The second-order valence-corrected chi connectivity index (χ2v) is 3.97. The van der Waals surface area contributed by atoms with Crippen molar-refractivity contribution in [1.82, 2.24) is 5.43 Å². The molecular formula is C9H9BrF4N2. The standard InChI is InChI=1S/C9H9BrF4N2/c10-8-5(2-1-3-6(8)11)4-7(16-15)9(12,13)14/h1-3,7,16H,4,15H2. The number of hydrogen-bond acceptors (Lipinski definition) is 2. The molecule has 2 nitrogen and oxygen atoms in total. The Morgan fingerprint density at radius 2 is 2.00 bits per heavy atom. The van der Waals surface area contributed by atoms with E-state index in [0.29, 0.717) is 0 Å². The van der Waals surface area contributed by atoms with Crippen LogP contribution in [0.5, 0.6) is 0 Å².